The Kier molecular flexibility index (Phi) is 5.65. The van der Waals surface area contributed by atoms with Gasteiger partial charge in [-0.3, -0.25) is 4.79 Å². The molecule has 0 bridgehead atoms. The monoisotopic (exact) mass is 377 g/mol. The number of fused-ring (bicyclic) bond motifs is 1. The van der Waals surface area contributed by atoms with E-state index >= 15 is 0 Å². The van der Waals surface area contributed by atoms with Crippen molar-refractivity contribution in [1.82, 2.24) is 9.80 Å². The fourth-order valence-corrected chi connectivity index (χ4v) is 4.95. The fourth-order valence-electron chi connectivity index (χ4n) is 3.72. The molecule has 0 aliphatic carbocycles. The highest BCUT2D eigenvalue weighted by molar-refractivity contribution is 7.90. The molecule has 0 saturated carbocycles. The van der Waals surface area contributed by atoms with Gasteiger partial charge in [0.1, 0.15) is 4.90 Å². The van der Waals surface area contributed by atoms with Crippen LogP contribution in [0, 0.1) is 5.92 Å². The zero-order valence-electron chi connectivity index (χ0n) is 15.5. The van der Waals surface area contributed by atoms with Gasteiger partial charge in [-0.15, -0.1) is 4.40 Å². The maximum atomic E-state index is 12.9. The molecule has 0 radical (unpaired) electrons. The minimum atomic E-state index is -3.62. The van der Waals surface area contributed by atoms with Crippen LogP contribution in [0.4, 0.5) is 0 Å². The highest BCUT2D eigenvalue weighted by Crippen LogP contribution is 2.30. The van der Waals surface area contributed by atoms with E-state index in [2.05, 4.69) is 11.3 Å². The number of nitrogens with zero attached hydrogens (tertiary/aromatic N) is 3. The summed E-state index contributed by atoms with van der Waals surface area (Å²) in [4.78, 5) is 17.1. The smallest absolute Gasteiger partial charge is 0.285 e. The van der Waals surface area contributed by atoms with Crippen LogP contribution in [-0.2, 0) is 14.8 Å². The van der Waals surface area contributed by atoms with Crippen molar-refractivity contribution < 1.29 is 13.2 Å². The zero-order chi connectivity index (χ0) is 18.7. The number of rotatable bonds is 5. The largest absolute Gasteiger partial charge is 0.355 e. The molecule has 0 spiro atoms. The standard InChI is InChI=1S/C19H27N3O3S/c1-3-5-12-21(4-2)19(23)15-9-8-13-22(14-15)18-16-10-6-7-11-17(16)26(24,25)20-18/h6-7,10-11,15H,3-5,8-9,12-14H2,1-2H3/t15-/m0/s1. The molecule has 3 rings (SSSR count). The normalized spacial score (nSPS) is 21.2. The minimum Gasteiger partial charge on any atom is -0.355 e. The van der Waals surface area contributed by atoms with Crippen molar-refractivity contribution in [3.63, 3.8) is 0 Å². The summed E-state index contributed by atoms with van der Waals surface area (Å²) in [5.74, 6) is 0.578. The van der Waals surface area contributed by atoms with E-state index in [1.54, 1.807) is 18.2 Å². The molecule has 1 aromatic carbocycles. The predicted molar refractivity (Wildman–Crippen MR) is 102 cm³/mol. The van der Waals surface area contributed by atoms with Gasteiger partial charge < -0.3 is 9.80 Å². The van der Waals surface area contributed by atoms with Crippen molar-refractivity contribution in [2.24, 2.45) is 10.3 Å². The van der Waals surface area contributed by atoms with E-state index in [0.717, 1.165) is 38.8 Å². The molecule has 7 heteroatoms. The number of amidine groups is 1. The second-order valence-electron chi connectivity index (χ2n) is 6.94. The average molecular weight is 378 g/mol. The summed E-state index contributed by atoms with van der Waals surface area (Å²) >= 11 is 0. The van der Waals surface area contributed by atoms with Crippen LogP contribution in [-0.4, -0.2) is 56.1 Å². The van der Waals surface area contributed by atoms with Crippen LogP contribution >= 0.6 is 0 Å². The van der Waals surface area contributed by atoms with Crippen LogP contribution in [0.1, 0.15) is 45.1 Å². The number of carbonyl (C=O) groups excluding carboxylic acids is 1. The molecule has 1 fully saturated rings. The summed E-state index contributed by atoms with van der Waals surface area (Å²) in [7, 11) is -3.62. The molecule has 2 aliphatic heterocycles. The van der Waals surface area contributed by atoms with Crippen LogP contribution in [0.5, 0.6) is 0 Å². The molecule has 0 aromatic heterocycles. The summed E-state index contributed by atoms with van der Waals surface area (Å²) in [5.41, 5.74) is 0.652. The number of hydrogen-bond acceptors (Lipinski definition) is 4. The Morgan fingerprint density at radius 2 is 2.08 bits per heavy atom. The summed E-state index contributed by atoms with van der Waals surface area (Å²) in [5, 5.41) is 0. The second-order valence-corrected chi connectivity index (χ2v) is 8.52. The van der Waals surface area contributed by atoms with Crippen LogP contribution in [0.15, 0.2) is 33.6 Å². The van der Waals surface area contributed by atoms with Gasteiger partial charge in [-0.05, 0) is 38.3 Å². The van der Waals surface area contributed by atoms with Crippen LogP contribution in [0.25, 0.3) is 0 Å². The quantitative estimate of drug-likeness (QED) is 0.790. The number of unbranched alkanes of at least 4 members (excludes halogenated alkanes) is 1. The predicted octanol–water partition coefficient (Wildman–Crippen LogP) is 2.50. The molecule has 0 N–H and O–H groups in total. The third-order valence-electron chi connectivity index (χ3n) is 5.16. The maximum absolute atomic E-state index is 12.9. The summed E-state index contributed by atoms with van der Waals surface area (Å²) < 4.78 is 28.6. The van der Waals surface area contributed by atoms with E-state index in [9.17, 15) is 13.2 Å². The third kappa shape index (κ3) is 3.63. The number of sulfonamides is 1. The summed E-state index contributed by atoms with van der Waals surface area (Å²) in [6.45, 7) is 6.90. The summed E-state index contributed by atoms with van der Waals surface area (Å²) in [6.07, 6.45) is 3.78. The number of benzene rings is 1. The Labute approximate surface area is 156 Å². The first kappa shape index (κ1) is 18.9. The number of likely N-dealkylation sites (tertiary alicyclic amines) is 1. The first-order valence-electron chi connectivity index (χ1n) is 9.46. The Morgan fingerprint density at radius 3 is 2.81 bits per heavy atom. The average Bonchev–Trinajstić information content (AvgIpc) is 2.94. The van der Waals surface area contributed by atoms with E-state index in [-0.39, 0.29) is 16.7 Å². The van der Waals surface area contributed by atoms with Gasteiger partial charge in [-0.2, -0.15) is 8.42 Å². The van der Waals surface area contributed by atoms with Crippen molar-refractivity contribution in [2.45, 2.75) is 44.4 Å². The topological polar surface area (TPSA) is 70.1 Å². The molecule has 6 nitrogen and oxygen atoms in total. The second kappa shape index (κ2) is 7.78. The molecule has 142 valence electrons. The molecular weight excluding hydrogens is 350 g/mol. The van der Waals surface area contributed by atoms with E-state index in [0.29, 0.717) is 24.5 Å². The number of hydrogen-bond donors (Lipinski definition) is 0. The third-order valence-corrected chi connectivity index (χ3v) is 6.48. The molecular formula is C19H27N3O3S. The maximum Gasteiger partial charge on any atom is 0.285 e. The lowest BCUT2D eigenvalue weighted by molar-refractivity contribution is -0.136. The van der Waals surface area contributed by atoms with Crippen LogP contribution in [0.3, 0.4) is 0 Å². The van der Waals surface area contributed by atoms with Gasteiger partial charge in [0, 0.05) is 31.7 Å². The number of carbonyl (C=O) groups is 1. The fraction of sp³-hybridized carbons (Fsp3) is 0.579. The van der Waals surface area contributed by atoms with Crippen molar-refractivity contribution in [3.8, 4) is 0 Å². The highest BCUT2D eigenvalue weighted by Gasteiger charge is 2.35. The lowest BCUT2D eigenvalue weighted by Gasteiger charge is -2.35. The lowest BCUT2D eigenvalue weighted by atomic mass is 9.95. The first-order chi connectivity index (χ1) is 12.5. The van der Waals surface area contributed by atoms with E-state index < -0.39 is 10.0 Å². The van der Waals surface area contributed by atoms with Gasteiger partial charge in [0.2, 0.25) is 5.91 Å². The molecule has 1 saturated heterocycles. The van der Waals surface area contributed by atoms with Gasteiger partial charge in [0.05, 0.1) is 5.92 Å². The van der Waals surface area contributed by atoms with Crippen molar-refractivity contribution in [3.05, 3.63) is 29.8 Å². The molecule has 2 aliphatic rings. The molecule has 1 amide bonds. The number of piperidine rings is 1. The molecule has 2 heterocycles. The van der Waals surface area contributed by atoms with E-state index in [4.69, 9.17) is 0 Å². The van der Waals surface area contributed by atoms with Crippen molar-refractivity contribution in [1.29, 1.82) is 0 Å². The Bertz CT molecular complexity index is 804. The van der Waals surface area contributed by atoms with E-state index in [1.807, 2.05) is 22.8 Å². The minimum absolute atomic E-state index is 0.0984. The molecule has 1 atom stereocenters. The number of amides is 1. The summed E-state index contributed by atoms with van der Waals surface area (Å²) in [6, 6.07) is 6.93. The highest BCUT2D eigenvalue weighted by atomic mass is 32.2. The lowest BCUT2D eigenvalue weighted by Crippen LogP contribution is -2.47. The molecule has 1 aromatic rings. The van der Waals surface area contributed by atoms with Crippen LogP contribution < -0.4 is 0 Å². The van der Waals surface area contributed by atoms with E-state index in [1.165, 1.54) is 0 Å². The van der Waals surface area contributed by atoms with Gasteiger partial charge in [0.25, 0.3) is 10.0 Å². The molecule has 0 unspecified atom stereocenters. The SMILES string of the molecule is CCCCN(CC)C(=O)[C@H]1CCCN(C2=NS(=O)(=O)c3ccccc32)C1. The van der Waals surface area contributed by atoms with Crippen molar-refractivity contribution >= 4 is 21.8 Å². The molecule has 26 heavy (non-hydrogen) atoms. The van der Waals surface area contributed by atoms with Gasteiger partial charge in [0.15, 0.2) is 5.84 Å². The Balaban J connectivity index is 1.78. The van der Waals surface area contributed by atoms with Crippen LogP contribution in [0.2, 0.25) is 0 Å². The van der Waals surface area contributed by atoms with Gasteiger partial charge >= 0.3 is 0 Å². The van der Waals surface area contributed by atoms with Gasteiger partial charge in [-0.1, -0.05) is 25.5 Å². The first-order valence-corrected chi connectivity index (χ1v) is 10.9. The van der Waals surface area contributed by atoms with Crippen molar-refractivity contribution in [2.75, 3.05) is 26.2 Å². The zero-order valence-corrected chi connectivity index (χ0v) is 16.3. The Morgan fingerprint density at radius 1 is 1.31 bits per heavy atom. The Hall–Kier alpha value is -1.89. The van der Waals surface area contributed by atoms with Gasteiger partial charge in [-0.25, -0.2) is 0 Å².